The fourth-order valence-electron chi connectivity index (χ4n) is 1.36. The number of hydrogen-bond acceptors (Lipinski definition) is 4. The minimum absolute atomic E-state index is 0.0933. The third-order valence-corrected chi connectivity index (χ3v) is 2.28. The van der Waals surface area contributed by atoms with Crippen molar-refractivity contribution in [3.05, 3.63) is 35.1 Å². The van der Waals surface area contributed by atoms with Gasteiger partial charge in [0.1, 0.15) is 18.0 Å². The molecule has 0 fully saturated rings. The molecular weight excluding hydrogens is 211 g/mol. The Morgan fingerprint density at radius 1 is 1.44 bits per heavy atom. The predicted octanol–water partition coefficient (Wildman–Crippen LogP) is 0.440. The van der Waals surface area contributed by atoms with Crippen molar-refractivity contribution in [3.63, 3.8) is 0 Å². The molecule has 0 aliphatic heterocycles. The highest BCUT2D eigenvalue weighted by Crippen LogP contribution is 2.20. The quantitative estimate of drug-likeness (QED) is 0.692. The molecule has 0 aliphatic carbocycles. The third kappa shape index (κ3) is 2.76. The van der Waals surface area contributed by atoms with Crippen molar-refractivity contribution >= 4 is 0 Å². The summed E-state index contributed by atoms with van der Waals surface area (Å²) in [5, 5.41) is 27.6. The maximum atomic E-state index is 13.2. The summed E-state index contributed by atoms with van der Waals surface area (Å²) in [5.41, 5.74) is 5.37. The highest BCUT2D eigenvalue weighted by Gasteiger charge is 2.18. The Balaban J connectivity index is 2.89. The molecule has 86 valence electrons. The average Bonchev–Trinajstić information content (AvgIpc) is 2.28. The van der Waals surface area contributed by atoms with Gasteiger partial charge in [-0.3, -0.25) is 0 Å². The van der Waals surface area contributed by atoms with Gasteiger partial charge in [0.25, 0.3) is 0 Å². The van der Waals surface area contributed by atoms with Crippen molar-refractivity contribution in [2.24, 2.45) is 5.73 Å². The lowest BCUT2D eigenvalue weighted by atomic mass is 10.0. The number of aliphatic hydroxyl groups is 2. The molecule has 0 saturated carbocycles. The first-order valence-electron chi connectivity index (χ1n) is 4.86. The van der Waals surface area contributed by atoms with Gasteiger partial charge in [0.15, 0.2) is 0 Å². The normalized spacial score (nSPS) is 14.2. The van der Waals surface area contributed by atoms with E-state index in [0.29, 0.717) is 0 Å². The predicted molar refractivity (Wildman–Crippen MR) is 55.8 cm³/mol. The fraction of sp³-hybridized carbons (Fsp3) is 0.364. The largest absolute Gasteiger partial charge is 0.390 e. The maximum Gasteiger partial charge on any atom is 0.141 e. The minimum Gasteiger partial charge on any atom is -0.390 e. The first kappa shape index (κ1) is 12.6. The molecule has 1 rings (SSSR count). The Hall–Kier alpha value is -1.48. The van der Waals surface area contributed by atoms with Gasteiger partial charge in [-0.05, 0) is 30.7 Å². The molecule has 0 aromatic heterocycles. The summed E-state index contributed by atoms with van der Waals surface area (Å²) in [6.45, 7) is 0.233. The summed E-state index contributed by atoms with van der Waals surface area (Å²) < 4.78 is 13.2. The second-order valence-electron chi connectivity index (χ2n) is 3.44. The van der Waals surface area contributed by atoms with E-state index in [2.05, 4.69) is 0 Å². The average molecular weight is 224 g/mol. The van der Waals surface area contributed by atoms with Crippen LogP contribution < -0.4 is 5.73 Å². The summed E-state index contributed by atoms with van der Waals surface area (Å²) in [4.78, 5) is 0. The fourth-order valence-corrected chi connectivity index (χ4v) is 1.36. The van der Waals surface area contributed by atoms with Crippen LogP contribution in [0.1, 0.15) is 23.7 Å². The number of nitrogens with zero attached hydrogens (tertiary/aromatic N) is 1. The van der Waals surface area contributed by atoms with E-state index < -0.39 is 18.0 Å². The molecular formula is C11H13FN2O2. The van der Waals surface area contributed by atoms with Gasteiger partial charge >= 0.3 is 0 Å². The molecule has 0 bridgehead atoms. The van der Waals surface area contributed by atoms with Gasteiger partial charge in [0.2, 0.25) is 0 Å². The zero-order valence-corrected chi connectivity index (χ0v) is 8.60. The zero-order valence-electron chi connectivity index (χ0n) is 8.60. The number of nitriles is 1. The molecule has 16 heavy (non-hydrogen) atoms. The number of benzene rings is 1. The Bertz CT molecular complexity index is 403. The van der Waals surface area contributed by atoms with Crippen molar-refractivity contribution in [1.82, 2.24) is 0 Å². The van der Waals surface area contributed by atoms with Crippen LogP contribution >= 0.6 is 0 Å². The van der Waals surface area contributed by atoms with Gasteiger partial charge < -0.3 is 15.9 Å². The lowest BCUT2D eigenvalue weighted by Gasteiger charge is -2.17. The number of rotatable bonds is 4. The number of hydrogen-bond donors (Lipinski definition) is 3. The van der Waals surface area contributed by atoms with E-state index in [1.165, 1.54) is 12.1 Å². The Kier molecular flexibility index (Phi) is 4.38. The topological polar surface area (TPSA) is 90.3 Å². The molecule has 0 aliphatic rings. The van der Waals surface area contributed by atoms with Gasteiger partial charge in [-0.1, -0.05) is 6.07 Å². The van der Waals surface area contributed by atoms with Crippen LogP contribution in [0.25, 0.3) is 0 Å². The first-order valence-corrected chi connectivity index (χ1v) is 4.86. The molecule has 4 nitrogen and oxygen atoms in total. The lowest BCUT2D eigenvalue weighted by Crippen LogP contribution is -2.21. The molecule has 0 amide bonds. The monoisotopic (exact) mass is 224 g/mol. The summed E-state index contributed by atoms with van der Waals surface area (Å²) in [5.74, 6) is -0.709. The van der Waals surface area contributed by atoms with Crippen molar-refractivity contribution < 1.29 is 14.6 Å². The molecule has 0 radical (unpaired) electrons. The van der Waals surface area contributed by atoms with Gasteiger partial charge in [-0.25, -0.2) is 4.39 Å². The minimum atomic E-state index is -1.19. The van der Waals surface area contributed by atoms with Crippen LogP contribution in [0.3, 0.4) is 0 Å². The van der Waals surface area contributed by atoms with Gasteiger partial charge in [0.05, 0.1) is 11.7 Å². The number of halogens is 1. The molecule has 4 N–H and O–H groups in total. The van der Waals surface area contributed by atoms with Crippen LogP contribution in [0.5, 0.6) is 0 Å². The molecule has 1 aromatic carbocycles. The Morgan fingerprint density at radius 2 is 2.12 bits per heavy atom. The van der Waals surface area contributed by atoms with E-state index in [-0.39, 0.29) is 24.1 Å². The second kappa shape index (κ2) is 5.56. The van der Waals surface area contributed by atoms with Crippen LogP contribution in [0.2, 0.25) is 0 Å². The van der Waals surface area contributed by atoms with E-state index in [9.17, 15) is 14.6 Å². The summed E-state index contributed by atoms with van der Waals surface area (Å²) in [6, 6.07) is 5.40. The molecule has 5 heteroatoms. The lowest BCUT2D eigenvalue weighted by molar-refractivity contribution is 0.0148. The Morgan fingerprint density at radius 3 is 2.62 bits per heavy atom. The van der Waals surface area contributed by atoms with E-state index in [1.54, 1.807) is 6.07 Å². The number of nitrogens with two attached hydrogens (primary N) is 1. The third-order valence-electron chi connectivity index (χ3n) is 2.28. The Labute approximate surface area is 92.7 Å². The first-order chi connectivity index (χ1) is 7.60. The molecule has 0 spiro atoms. The van der Waals surface area contributed by atoms with Gasteiger partial charge in [0, 0.05) is 0 Å². The second-order valence-corrected chi connectivity index (χ2v) is 3.44. The SMILES string of the molecule is N#Cc1ccc(C(O)C(O)CCN)cc1F. The molecule has 1 aromatic rings. The van der Waals surface area contributed by atoms with Crippen molar-refractivity contribution in [1.29, 1.82) is 5.26 Å². The van der Waals surface area contributed by atoms with Gasteiger partial charge in [-0.2, -0.15) is 5.26 Å². The summed E-state index contributed by atoms with van der Waals surface area (Å²) >= 11 is 0. The molecule has 0 heterocycles. The summed E-state index contributed by atoms with van der Waals surface area (Å²) in [6.07, 6.45) is -1.99. The maximum absolute atomic E-state index is 13.2. The van der Waals surface area contributed by atoms with Gasteiger partial charge in [-0.15, -0.1) is 0 Å². The van der Waals surface area contributed by atoms with Crippen LogP contribution in [-0.4, -0.2) is 22.9 Å². The van der Waals surface area contributed by atoms with E-state index in [0.717, 1.165) is 6.07 Å². The van der Waals surface area contributed by atoms with E-state index >= 15 is 0 Å². The van der Waals surface area contributed by atoms with Crippen molar-refractivity contribution in [2.45, 2.75) is 18.6 Å². The van der Waals surface area contributed by atoms with Crippen molar-refractivity contribution in [3.8, 4) is 6.07 Å². The highest BCUT2D eigenvalue weighted by atomic mass is 19.1. The molecule has 2 atom stereocenters. The van der Waals surface area contributed by atoms with Crippen LogP contribution in [0.4, 0.5) is 4.39 Å². The van der Waals surface area contributed by atoms with Crippen LogP contribution in [-0.2, 0) is 0 Å². The standard InChI is InChI=1S/C11H13FN2O2/c12-9-5-7(1-2-8(9)6-14)11(16)10(15)3-4-13/h1-2,5,10-11,15-16H,3-4,13H2. The van der Waals surface area contributed by atoms with E-state index in [4.69, 9.17) is 11.0 Å². The molecule has 2 unspecified atom stereocenters. The zero-order chi connectivity index (χ0) is 12.1. The van der Waals surface area contributed by atoms with E-state index in [1.807, 2.05) is 0 Å². The van der Waals surface area contributed by atoms with Crippen LogP contribution in [0.15, 0.2) is 18.2 Å². The van der Waals surface area contributed by atoms with Crippen molar-refractivity contribution in [2.75, 3.05) is 6.54 Å². The highest BCUT2D eigenvalue weighted by molar-refractivity contribution is 5.34. The van der Waals surface area contributed by atoms with Crippen LogP contribution in [0, 0.1) is 17.1 Å². The number of aliphatic hydroxyl groups excluding tert-OH is 2. The smallest absolute Gasteiger partial charge is 0.141 e. The molecule has 0 saturated heterocycles. The summed E-state index contributed by atoms with van der Waals surface area (Å²) in [7, 11) is 0.